The molecule has 0 aliphatic carbocycles. The highest BCUT2D eigenvalue weighted by Crippen LogP contribution is 2.15. The summed E-state index contributed by atoms with van der Waals surface area (Å²) >= 11 is 3.36. The first-order chi connectivity index (χ1) is 11.1. The molecule has 120 valence electrons. The standard InChI is InChI=1S/C17H17BrN2O3/c1-23-16(21)7-9-20(12-13-4-3-8-19-11-13)17(22)14-5-2-6-15(18)10-14/h2-6,8,10-11H,7,9,12H2,1H3. The summed E-state index contributed by atoms with van der Waals surface area (Å²) in [4.78, 5) is 29.8. The van der Waals surface area contributed by atoms with Crippen molar-refractivity contribution < 1.29 is 14.3 Å². The molecule has 1 amide bonds. The van der Waals surface area contributed by atoms with Crippen molar-refractivity contribution in [3.05, 3.63) is 64.4 Å². The van der Waals surface area contributed by atoms with Crippen LogP contribution in [0.2, 0.25) is 0 Å². The lowest BCUT2D eigenvalue weighted by atomic mass is 10.1. The molecule has 0 fully saturated rings. The summed E-state index contributed by atoms with van der Waals surface area (Å²) in [5.41, 5.74) is 1.47. The Morgan fingerprint density at radius 2 is 2.09 bits per heavy atom. The topological polar surface area (TPSA) is 59.5 Å². The van der Waals surface area contributed by atoms with Gasteiger partial charge < -0.3 is 9.64 Å². The first kappa shape index (κ1) is 17.1. The lowest BCUT2D eigenvalue weighted by Gasteiger charge is -2.22. The molecular formula is C17H17BrN2O3. The first-order valence-electron chi connectivity index (χ1n) is 7.10. The fourth-order valence-corrected chi connectivity index (χ4v) is 2.50. The monoisotopic (exact) mass is 376 g/mol. The quantitative estimate of drug-likeness (QED) is 0.726. The number of aromatic nitrogens is 1. The van der Waals surface area contributed by atoms with E-state index in [1.165, 1.54) is 7.11 Å². The summed E-state index contributed by atoms with van der Waals surface area (Å²) < 4.78 is 5.49. The summed E-state index contributed by atoms with van der Waals surface area (Å²) in [6, 6.07) is 10.9. The van der Waals surface area contributed by atoms with Gasteiger partial charge in [0.05, 0.1) is 13.5 Å². The molecule has 23 heavy (non-hydrogen) atoms. The molecule has 0 saturated heterocycles. The number of nitrogens with zero attached hydrogens (tertiary/aromatic N) is 2. The zero-order valence-corrected chi connectivity index (χ0v) is 14.3. The number of esters is 1. The molecule has 0 aliphatic rings. The molecule has 5 nitrogen and oxygen atoms in total. The highest BCUT2D eigenvalue weighted by molar-refractivity contribution is 9.10. The second-order valence-corrected chi connectivity index (χ2v) is 5.84. The molecule has 1 aromatic carbocycles. The second kappa shape index (κ2) is 8.43. The number of carbonyl (C=O) groups is 2. The van der Waals surface area contributed by atoms with Crippen molar-refractivity contribution in [1.29, 1.82) is 0 Å². The molecule has 0 bridgehead atoms. The normalized spacial score (nSPS) is 10.2. The van der Waals surface area contributed by atoms with Crippen molar-refractivity contribution in [3.8, 4) is 0 Å². The van der Waals surface area contributed by atoms with E-state index in [1.54, 1.807) is 35.5 Å². The van der Waals surface area contributed by atoms with Crippen LogP contribution in [0.4, 0.5) is 0 Å². The Balaban J connectivity index is 2.17. The van der Waals surface area contributed by atoms with E-state index in [0.29, 0.717) is 12.1 Å². The van der Waals surface area contributed by atoms with E-state index in [-0.39, 0.29) is 24.8 Å². The van der Waals surface area contributed by atoms with Crippen molar-refractivity contribution in [2.24, 2.45) is 0 Å². The number of halogens is 1. The maximum absolute atomic E-state index is 12.7. The zero-order chi connectivity index (χ0) is 16.7. The minimum absolute atomic E-state index is 0.140. The Kier molecular flexibility index (Phi) is 6.29. The zero-order valence-electron chi connectivity index (χ0n) is 12.7. The molecule has 0 radical (unpaired) electrons. The third kappa shape index (κ3) is 5.17. The third-order valence-corrected chi connectivity index (χ3v) is 3.76. The van der Waals surface area contributed by atoms with Crippen LogP contribution in [0.1, 0.15) is 22.3 Å². The second-order valence-electron chi connectivity index (χ2n) is 4.92. The van der Waals surface area contributed by atoms with Crippen LogP contribution in [-0.4, -0.2) is 35.4 Å². The molecule has 2 aromatic rings. The molecule has 0 atom stereocenters. The first-order valence-corrected chi connectivity index (χ1v) is 7.90. The van der Waals surface area contributed by atoms with Crippen molar-refractivity contribution in [2.75, 3.05) is 13.7 Å². The largest absolute Gasteiger partial charge is 0.469 e. The van der Waals surface area contributed by atoms with Gasteiger partial charge in [-0.15, -0.1) is 0 Å². The molecule has 0 N–H and O–H groups in total. The van der Waals surface area contributed by atoms with Crippen LogP contribution in [-0.2, 0) is 16.1 Å². The van der Waals surface area contributed by atoms with Crippen molar-refractivity contribution in [3.63, 3.8) is 0 Å². The number of methoxy groups -OCH3 is 1. The molecule has 0 aliphatic heterocycles. The number of benzene rings is 1. The molecule has 0 spiro atoms. The Labute approximate surface area is 143 Å². The number of hydrogen-bond acceptors (Lipinski definition) is 4. The number of amides is 1. The van der Waals surface area contributed by atoms with Gasteiger partial charge in [-0.3, -0.25) is 14.6 Å². The fraction of sp³-hybridized carbons (Fsp3) is 0.235. The van der Waals surface area contributed by atoms with E-state index >= 15 is 0 Å². The minimum Gasteiger partial charge on any atom is -0.469 e. The van der Waals surface area contributed by atoms with E-state index < -0.39 is 0 Å². The van der Waals surface area contributed by atoms with Crippen LogP contribution in [0.25, 0.3) is 0 Å². The minimum atomic E-state index is -0.344. The summed E-state index contributed by atoms with van der Waals surface area (Å²) in [6.07, 6.45) is 3.54. The number of ether oxygens (including phenoxy) is 1. The average Bonchev–Trinajstić information content (AvgIpc) is 2.58. The number of carbonyl (C=O) groups excluding carboxylic acids is 2. The summed E-state index contributed by atoms with van der Waals surface area (Å²) in [5.74, 6) is -0.484. The summed E-state index contributed by atoms with van der Waals surface area (Å²) in [5, 5.41) is 0. The smallest absolute Gasteiger partial charge is 0.307 e. The van der Waals surface area contributed by atoms with Gasteiger partial charge in [-0.05, 0) is 29.8 Å². The highest BCUT2D eigenvalue weighted by atomic mass is 79.9. The van der Waals surface area contributed by atoms with Crippen LogP contribution in [0.15, 0.2) is 53.3 Å². The van der Waals surface area contributed by atoms with E-state index in [0.717, 1.165) is 10.0 Å². The van der Waals surface area contributed by atoms with E-state index in [9.17, 15) is 9.59 Å². The Bertz CT molecular complexity index is 677. The highest BCUT2D eigenvalue weighted by Gasteiger charge is 2.18. The predicted octanol–water partition coefficient (Wildman–Crippen LogP) is 3.05. The van der Waals surface area contributed by atoms with Gasteiger partial charge in [0.2, 0.25) is 0 Å². The molecule has 0 unspecified atom stereocenters. The van der Waals surface area contributed by atoms with Gasteiger partial charge >= 0.3 is 5.97 Å². The Hall–Kier alpha value is -2.21. The van der Waals surface area contributed by atoms with E-state index in [2.05, 4.69) is 25.7 Å². The third-order valence-electron chi connectivity index (χ3n) is 3.27. The lowest BCUT2D eigenvalue weighted by molar-refractivity contribution is -0.140. The van der Waals surface area contributed by atoms with Crippen LogP contribution < -0.4 is 0 Å². The molecule has 6 heteroatoms. The average molecular weight is 377 g/mol. The molecular weight excluding hydrogens is 360 g/mol. The lowest BCUT2D eigenvalue weighted by Crippen LogP contribution is -2.32. The van der Waals surface area contributed by atoms with Gasteiger partial charge in [0.1, 0.15) is 0 Å². The van der Waals surface area contributed by atoms with E-state index in [4.69, 9.17) is 0 Å². The van der Waals surface area contributed by atoms with Crippen LogP contribution in [0, 0.1) is 0 Å². The Morgan fingerprint density at radius 3 is 2.74 bits per heavy atom. The van der Waals surface area contributed by atoms with Gasteiger partial charge in [-0.25, -0.2) is 0 Å². The Morgan fingerprint density at radius 1 is 1.26 bits per heavy atom. The van der Waals surface area contributed by atoms with Crippen molar-refractivity contribution >= 4 is 27.8 Å². The number of hydrogen-bond donors (Lipinski definition) is 0. The van der Waals surface area contributed by atoms with Gasteiger partial charge in [0, 0.05) is 35.5 Å². The SMILES string of the molecule is COC(=O)CCN(Cc1cccnc1)C(=O)c1cccc(Br)c1. The van der Waals surface area contributed by atoms with Crippen LogP contribution >= 0.6 is 15.9 Å². The van der Waals surface area contributed by atoms with Gasteiger partial charge in [0.25, 0.3) is 5.91 Å². The van der Waals surface area contributed by atoms with Crippen LogP contribution in [0.5, 0.6) is 0 Å². The van der Waals surface area contributed by atoms with Gasteiger partial charge in [0.15, 0.2) is 0 Å². The van der Waals surface area contributed by atoms with Crippen molar-refractivity contribution in [2.45, 2.75) is 13.0 Å². The molecule has 1 heterocycles. The van der Waals surface area contributed by atoms with E-state index in [1.807, 2.05) is 18.2 Å². The maximum Gasteiger partial charge on any atom is 0.307 e. The summed E-state index contributed by atoms with van der Waals surface area (Å²) in [7, 11) is 1.34. The van der Waals surface area contributed by atoms with Crippen LogP contribution in [0.3, 0.4) is 0 Å². The fourth-order valence-electron chi connectivity index (χ4n) is 2.10. The summed E-state index contributed by atoms with van der Waals surface area (Å²) in [6.45, 7) is 0.670. The number of pyridine rings is 1. The van der Waals surface area contributed by atoms with Gasteiger partial charge in [-0.1, -0.05) is 28.1 Å². The molecule has 0 saturated carbocycles. The maximum atomic E-state index is 12.7. The van der Waals surface area contributed by atoms with Crippen molar-refractivity contribution in [1.82, 2.24) is 9.88 Å². The predicted molar refractivity (Wildman–Crippen MR) is 89.8 cm³/mol. The van der Waals surface area contributed by atoms with Gasteiger partial charge in [-0.2, -0.15) is 0 Å². The molecule has 1 aromatic heterocycles. The molecule has 2 rings (SSSR count). The number of rotatable bonds is 6.